The summed E-state index contributed by atoms with van der Waals surface area (Å²) in [4.78, 5) is 25.2. The molecule has 4 rings (SSSR count). The summed E-state index contributed by atoms with van der Waals surface area (Å²) in [6.07, 6.45) is 15.7. The summed E-state index contributed by atoms with van der Waals surface area (Å²) >= 11 is 0. The average Bonchev–Trinajstić information content (AvgIpc) is 2.84. The lowest BCUT2D eigenvalue weighted by Gasteiger charge is -2.43. The van der Waals surface area contributed by atoms with Crippen molar-refractivity contribution in [1.29, 1.82) is 0 Å². The van der Waals surface area contributed by atoms with E-state index >= 15 is 0 Å². The first kappa shape index (κ1) is 23.7. The highest BCUT2D eigenvalue weighted by molar-refractivity contribution is 5.97. The molecule has 4 atom stereocenters. The highest BCUT2D eigenvalue weighted by atomic mass is 16.3. The minimum absolute atomic E-state index is 0.123. The first-order chi connectivity index (χ1) is 15.6. The zero-order valence-electron chi connectivity index (χ0n) is 19.7. The summed E-state index contributed by atoms with van der Waals surface area (Å²) in [6, 6.07) is 9.62. The van der Waals surface area contributed by atoms with Crippen molar-refractivity contribution in [2.24, 2.45) is 29.6 Å². The van der Waals surface area contributed by atoms with Gasteiger partial charge in [0.1, 0.15) is 5.78 Å². The predicted octanol–water partition coefficient (Wildman–Crippen LogP) is 6.77. The van der Waals surface area contributed by atoms with Gasteiger partial charge in [-0.05, 0) is 75.0 Å². The first-order valence-corrected chi connectivity index (χ1v) is 13.4. The molecule has 0 amide bonds. The van der Waals surface area contributed by atoms with Gasteiger partial charge in [-0.25, -0.2) is 0 Å². The molecule has 3 nitrogen and oxygen atoms in total. The lowest BCUT2D eigenvalue weighted by atomic mass is 9.63. The summed E-state index contributed by atoms with van der Waals surface area (Å²) in [5.41, 5.74) is 0.822. The molecule has 176 valence electrons. The number of aliphatic hydroxyl groups is 1. The summed E-state index contributed by atoms with van der Waals surface area (Å²) < 4.78 is 0. The van der Waals surface area contributed by atoms with Crippen LogP contribution in [-0.4, -0.2) is 22.8 Å². The minimum atomic E-state index is -0.215. The zero-order chi connectivity index (χ0) is 22.3. The van der Waals surface area contributed by atoms with Crippen LogP contribution >= 0.6 is 0 Å². The molecule has 0 heterocycles. The van der Waals surface area contributed by atoms with Crippen molar-refractivity contribution in [3.05, 3.63) is 35.9 Å². The second-order valence-electron chi connectivity index (χ2n) is 11.0. The van der Waals surface area contributed by atoms with Gasteiger partial charge in [-0.1, -0.05) is 62.4 Å². The standard InChI is InChI=1S/C29H42O3/c30-25(12-7-15-28(31)27-14-6-11-22-8-4-5-13-26(22)27)20-21-16-18-24(19-17-21)29(32)23-9-2-1-3-10-23/h1-3,9-10,21-22,24,26-28,31H,4-8,11-20H2. The van der Waals surface area contributed by atoms with Crippen LogP contribution in [0.5, 0.6) is 0 Å². The molecule has 1 aromatic rings. The van der Waals surface area contributed by atoms with Crippen molar-refractivity contribution in [1.82, 2.24) is 0 Å². The van der Waals surface area contributed by atoms with Gasteiger partial charge in [0.2, 0.25) is 0 Å². The van der Waals surface area contributed by atoms with Crippen molar-refractivity contribution in [3.8, 4) is 0 Å². The molecule has 3 aliphatic rings. The molecule has 0 aromatic heterocycles. The Balaban J connectivity index is 1.14. The fraction of sp³-hybridized carbons (Fsp3) is 0.724. The van der Waals surface area contributed by atoms with E-state index in [0.29, 0.717) is 30.5 Å². The van der Waals surface area contributed by atoms with E-state index in [0.717, 1.165) is 55.9 Å². The summed E-state index contributed by atoms with van der Waals surface area (Å²) in [7, 11) is 0. The number of benzene rings is 1. The van der Waals surface area contributed by atoms with E-state index in [4.69, 9.17) is 0 Å². The Kier molecular flexibility index (Phi) is 8.57. The molecule has 1 aromatic carbocycles. The molecule has 3 aliphatic carbocycles. The second-order valence-corrected chi connectivity index (χ2v) is 11.0. The largest absolute Gasteiger partial charge is 0.393 e. The number of Topliss-reactive ketones (excluding diaryl/α,β-unsaturated/α-hetero) is 2. The summed E-state index contributed by atoms with van der Waals surface area (Å²) in [6.45, 7) is 0. The third-order valence-corrected chi connectivity index (χ3v) is 8.87. The van der Waals surface area contributed by atoms with Crippen molar-refractivity contribution in [2.75, 3.05) is 0 Å². The molecule has 4 unspecified atom stereocenters. The molecule has 0 saturated heterocycles. The lowest BCUT2D eigenvalue weighted by Crippen LogP contribution is -2.37. The Morgan fingerprint density at radius 1 is 0.875 bits per heavy atom. The maximum atomic E-state index is 12.7. The van der Waals surface area contributed by atoms with Crippen LogP contribution in [0, 0.1) is 29.6 Å². The summed E-state index contributed by atoms with van der Waals surface area (Å²) in [5.74, 6) is 3.24. The maximum Gasteiger partial charge on any atom is 0.165 e. The van der Waals surface area contributed by atoms with Crippen LogP contribution in [0.15, 0.2) is 30.3 Å². The van der Waals surface area contributed by atoms with Gasteiger partial charge in [0.05, 0.1) is 6.10 Å². The van der Waals surface area contributed by atoms with Gasteiger partial charge in [-0.3, -0.25) is 9.59 Å². The van der Waals surface area contributed by atoms with Crippen molar-refractivity contribution in [2.45, 2.75) is 102 Å². The third-order valence-electron chi connectivity index (χ3n) is 8.87. The van der Waals surface area contributed by atoms with E-state index in [1.807, 2.05) is 30.3 Å². The Morgan fingerprint density at radius 2 is 1.59 bits per heavy atom. The van der Waals surface area contributed by atoms with Crippen molar-refractivity contribution < 1.29 is 14.7 Å². The van der Waals surface area contributed by atoms with Crippen molar-refractivity contribution in [3.63, 3.8) is 0 Å². The maximum absolute atomic E-state index is 12.7. The van der Waals surface area contributed by atoms with E-state index < -0.39 is 0 Å². The second kappa shape index (κ2) is 11.6. The van der Waals surface area contributed by atoms with Gasteiger partial charge < -0.3 is 5.11 Å². The Labute approximate surface area is 194 Å². The van der Waals surface area contributed by atoms with Crippen LogP contribution in [0.4, 0.5) is 0 Å². The van der Waals surface area contributed by atoms with Gasteiger partial charge >= 0.3 is 0 Å². The SMILES string of the molecule is O=C(CCCC(O)C1CCCC2CCCCC21)CC1CCC(C(=O)c2ccccc2)CC1. The summed E-state index contributed by atoms with van der Waals surface area (Å²) in [5, 5.41) is 10.9. The lowest BCUT2D eigenvalue weighted by molar-refractivity contribution is -0.120. The van der Waals surface area contributed by atoms with Gasteiger partial charge in [0.25, 0.3) is 0 Å². The molecule has 1 N–H and O–H groups in total. The van der Waals surface area contributed by atoms with E-state index in [1.54, 1.807) is 0 Å². The number of fused-ring (bicyclic) bond motifs is 1. The van der Waals surface area contributed by atoms with Crippen LogP contribution in [0.3, 0.4) is 0 Å². The van der Waals surface area contributed by atoms with E-state index in [1.165, 1.54) is 44.9 Å². The molecule has 0 bridgehead atoms. The van der Waals surface area contributed by atoms with E-state index in [-0.39, 0.29) is 17.8 Å². The average molecular weight is 439 g/mol. The topological polar surface area (TPSA) is 54.4 Å². The first-order valence-electron chi connectivity index (χ1n) is 13.4. The van der Waals surface area contributed by atoms with Gasteiger partial charge in [0, 0.05) is 24.3 Å². The highest BCUT2D eigenvalue weighted by Gasteiger charge is 2.38. The highest BCUT2D eigenvalue weighted by Crippen LogP contribution is 2.45. The van der Waals surface area contributed by atoms with Crippen LogP contribution in [0.25, 0.3) is 0 Å². The number of hydrogen-bond donors (Lipinski definition) is 1. The molecule has 3 saturated carbocycles. The molecule has 0 radical (unpaired) electrons. The molecule has 3 heteroatoms. The Hall–Kier alpha value is -1.48. The molecule has 3 fully saturated rings. The monoisotopic (exact) mass is 438 g/mol. The van der Waals surface area contributed by atoms with Crippen molar-refractivity contribution >= 4 is 11.6 Å². The number of hydrogen-bond acceptors (Lipinski definition) is 3. The van der Waals surface area contributed by atoms with Crippen LogP contribution in [0.1, 0.15) is 107 Å². The predicted molar refractivity (Wildman–Crippen MR) is 128 cm³/mol. The van der Waals surface area contributed by atoms with Gasteiger partial charge in [-0.2, -0.15) is 0 Å². The molecule has 32 heavy (non-hydrogen) atoms. The minimum Gasteiger partial charge on any atom is -0.393 e. The quantitative estimate of drug-likeness (QED) is 0.433. The molecule has 0 spiro atoms. The molecular formula is C29H42O3. The number of aliphatic hydroxyl groups excluding tert-OH is 1. The zero-order valence-corrected chi connectivity index (χ0v) is 19.7. The van der Waals surface area contributed by atoms with Crippen LogP contribution in [0.2, 0.25) is 0 Å². The van der Waals surface area contributed by atoms with Crippen LogP contribution in [-0.2, 0) is 4.79 Å². The van der Waals surface area contributed by atoms with Gasteiger partial charge in [0.15, 0.2) is 5.78 Å². The fourth-order valence-electron chi connectivity index (χ4n) is 7.08. The molecular weight excluding hydrogens is 396 g/mol. The van der Waals surface area contributed by atoms with Gasteiger partial charge in [-0.15, -0.1) is 0 Å². The molecule has 0 aliphatic heterocycles. The fourth-order valence-corrected chi connectivity index (χ4v) is 7.08. The Bertz CT molecular complexity index is 732. The van der Waals surface area contributed by atoms with E-state index in [9.17, 15) is 14.7 Å². The van der Waals surface area contributed by atoms with Crippen LogP contribution < -0.4 is 0 Å². The number of ketones is 2. The number of rotatable bonds is 9. The Morgan fingerprint density at radius 3 is 2.38 bits per heavy atom. The van der Waals surface area contributed by atoms with E-state index in [2.05, 4.69) is 0 Å². The third kappa shape index (κ3) is 6.10. The smallest absolute Gasteiger partial charge is 0.165 e. The number of carbonyl (C=O) groups is 2. The normalized spacial score (nSPS) is 31.5. The number of carbonyl (C=O) groups excluding carboxylic acids is 2.